The summed E-state index contributed by atoms with van der Waals surface area (Å²) in [5, 5.41) is 9.71. The second-order valence-corrected chi connectivity index (χ2v) is 6.42. The van der Waals surface area contributed by atoms with Crippen LogP contribution in [0.2, 0.25) is 0 Å². The van der Waals surface area contributed by atoms with Crippen molar-refractivity contribution in [3.05, 3.63) is 120 Å². The molecule has 0 heterocycles. The molecule has 0 fully saturated rings. The monoisotopic (exact) mass is 340 g/mol. The molecule has 0 atom stereocenters. The lowest BCUT2D eigenvalue weighted by Gasteiger charge is -2.35. The molecule has 26 heavy (non-hydrogen) atoms. The van der Waals surface area contributed by atoms with Gasteiger partial charge in [0.1, 0.15) is 0 Å². The maximum atomic E-state index is 9.71. The Bertz CT molecular complexity index is 904. The summed E-state index contributed by atoms with van der Waals surface area (Å²) in [6.07, 6.45) is 9.59. The third-order valence-electron chi connectivity index (χ3n) is 5.07. The largest absolute Gasteiger partial charge is 0.513 e. The molecule has 1 aliphatic carbocycles. The van der Waals surface area contributed by atoms with Crippen LogP contribution < -0.4 is 0 Å². The van der Waals surface area contributed by atoms with Gasteiger partial charge in [0, 0.05) is 0 Å². The fourth-order valence-corrected chi connectivity index (χ4v) is 4.07. The first-order valence-electron chi connectivity index (χ1n) is 8.80. The van der Waals surface area contributed by atoms with Crippen LogP contribution in [-0.4, -0.2) is 5.11 Å². The maximum absolute atomic E-state index is 9.71. The van der Waals surface area contributed by atoms with Gasteiger partial charge in [-0.05, 0) is 53.3 Å². The Morgan fingerprint density at radius 2 is 1.35 bits per heavy atom. The van der Waals surface area contributed by atoms with Crippen LogP contribution in [0.3, 0.4) is 0 Å². The zero-order chi connectivity index (χ0) is 18.7. The molecule has 1 nitrogen and oxygen atoms in total. The fraction of sp³-hybridized carbons (Fsp3) is 0.120. The molecule has 0 saturated carbocycles. The van der Waals surface area contributed by atoms with Crippen molar-refractivity contribution < 1.29 is 5.11 Å². The van der Waals surface area contributed by atoms with Crippen LogP contribution in [0.1, 0.15) is 25.0 Å². The van der Waals surface area contributed by atoms with E-state index in [9.17, 15) is 5.11 Å². The second-order valence-electron chi connectivity index (χ2n) is 6.42. The quantitative estimate of drug-likeness (QED) is 0.476. The molecule has 0 aliphatic heterocycles. The number of hydrogen-bond acceptors (Lipinski definition) is 1. The number of aliphatic hydroxyl groups excluding tert-OH is 1. The van der Waals surface area contributed by atoms with Crippen molar-refractivity contribution in [2.75, 3.05) is 0 Å². The van der Waals surface area contributed by atoms with Crippen LogP contribution in [0.4, 0.5) is 0 Å². The molecule has 1 aliphatic rings. The molecule has 0 unspecified atom stereocenters. The lowest BCUT2D eigenvalue weighted by molar-refractivity contribution is 0.414. The molecule has 2 aromatic carbocycles. The van der Waals surface area contributed by atoms with Gasteiger partial charge in [0.2, 0.25) is 0 Å². The van der Waals surface area contributed by atoms with Gasteiger partial charge in [-0.1, -0.05) is 86.0 Å². The summed E-state index contributed by atoms with van der Waals surface area (Å²) in [5.41, 5.74) is 6.50. The third-order valence-corrected chi connectivity index (χ3v) is 5.07. The van der Waals surface area contributed by atoms with Crippen molar-refractivity contribution in [2.24, 2.45) is 0 Å². The van der Waals surface area contributed by atoms with E-state index in [1.807, 2.05) is 25.2 Å². The van der Waals surface area contributed by atoms with Crippen LogP contribution in [0.5, 0.6) is 0 Å². The minimum Gasteiger partial charge on any atom is -0.513 e. The Balaban J connectivity index is 2.50. The SMILES string of the molecule is C=C/C(=C\C)C1(/C(C=C)=C/C=C(\C)O)c2ccccc2-c2ccccc21. The molecule has 1 N–H and O–H groups in total. The van der Waals surface area contributed by atoms with Crippen molar-refractivity contribution >= 4 is 0 Å². The standard InChI is InChI=1S/C25H24O/c1-5-19(6-2)25(20(7-3)17-16-18(4)26)23-14-10-8-12-21(23)22-13-9-11-15-24(22)25/h5-17,26H,1,3H2,2,4H3/b18-16+,19-6+,20-17+. The first-order chi connectivity index (χ1) is 12.6. The van der Waals surface area contributed by atoms with Gasteiger partial charge >= 0.3 is 0 Å². The summed E-state index contributed by atoms with van der Waals surface area (Å²) >= 11 is 0. The van der Waals surface area contributed by atoms with Gasteiger partial charge in [-0.2, -0.15) is 0 Å². The number of rotatable bonds is 5. The first-order valence-corrected chi connectivity index (χ1v) is 8.80. The summed E-state index contributed by atoms with van der Waals surface area (Å²) in [4.78, 5) is 0. The smallest absolute Gasteiger partial charge is 0.0891 e. The van der Waals surface area contributed by atoms with Gasteiger partial charge in [0.25, 0.3) is 0 Å². The molecule has 130 valence electrons. The molecule has 3 rings (SSSR count). The van der Waals surface area contributed by atoms with Crippen LogP contribution in [-0.2, 0) is 5.41 Å². The van der Waals surface area contributed by atoms with Crippen molar-refractivity contribution in [1.82, 2.24) is 0 Å². The average Bonchev–Trinajstić information content (AvgIpc) is 2.95. The van der Waals surface area contributed by atoms with E-state index >= 15 is 0 Å². The molecular formula is C25H24O. The van der Waals surface area contributed by atoms with E-state index in [0.717, 1.165) is 11.1 Å². The van der Waals surface area contributed by atoms with Crippen molar-refractivity contribution in [3.8, 4) is 11.1 Å². The minimum atomic E-state index is -0.489. The van der Waals surface area contributed by atoms with Gasteiger partial charge in [0.05, 0.1) is 11.2 Å². The highest BCUT2D eigenvalue weighted by molar-refractivity contribution is 5.87. The van der Waals surface area contributed by atoms with E-state index in [4.69, 9.17) is 0 Å². The maximum Gasteiger partial charge on any atom is 0.0891 e. The van der Waals surface area contributed by atoms with Gasteiger partial charge in [-0.15, -0.1) is 0 Å². The highest BCUT2D eigenvalue weighted by Gasteiger charge is 2.46. The van der Waals surface area contributed by atoms with E-state index in [1.54, 1.807) is 13.0 Å². The highest BCUT2D eigenvalue weighted by Crippen LogP contribution is 2.56. The highest BCUT2D eigenvalue weighted by atomic mass is 16.3. The summed E-state index contributed by atoms with van der Waals surface area (Å²) in [6.45, 7) is 11.9. The lowest BCUT2D eigenvalue weighted by atomic mass is 9.66. The summed E-state index contributed by atoms with van der Waals surface area (Å²) < 4.78 is 0. The topological polar surface area (TPSA) is 20.2 Å². The minimum absolute atomic E-state index is 0.264. The van der Waals surface area contributed by atoms with Gasteiger partial charge in [0.15, 0.2) is 0 Å². The van der Waals surface area contributed by atoms with E-state index < -0.39 is 5.41 Å². The summed E-state index contributed by atoms with van der Waals surface area (Å²) in [5.74, 6) is 0.264. The Labute approximate surface area is 156 Å². The summed E-state index contributed by atoms with van der Waals surface area (Å²) in [7, 11) is 0. The molecule has 0 spiro atoms. The predicted molar refractivity (Wildman–Crippen MR) is 111 cm³/mol. The second kappa shape index (κ2) is 7.05. The van der Waals surface area contributed by atoms with Crippen molar-refractivity contribution in [2.45, 2.75) is 19.3 Å². The van der Waals surface area contributed by atoms with Crippen LogP contribution >= 0.6 is 0 Å². The normalized spacial score (nSPS) is 16.0. The average molecular weight is 340 g/mol. The first kappa shape index (κ1) is 17.8. The van der Waals surface area contributed by atoms with Crippen molar-refractivity contribution in [1.29, 1.82) is 0 Å². The van der Waals surface area contributed by atoms with Crippen LogP contribution in [0.15, 0.2) is 109 Å². The van der Waals surface area contributed by atoms with E-state index in [2.05, 4.69) is 67.8 Å². The molecule has 0 amide bonds. The molecule has 0 aromatic heterocycles. The zero-order valence-corrected chi connectivity index (χ0v) is 15.4. The molecule has 2 aromatic rings. The van der Waals surface area contributed by atoms with Crippen LogP contribution in [0, 0.1) is 0 Å². The fourth-order valence-electron chi connectivity index (χ4n) is 4.07. The number of benzene rings is 2. The van der Waals surface area contributed by atoms with Gasteiger partial charge in [-0.3, -0.25) is 0 Å². The third kappa shape index (κ3) is 2.48. The molecule has 0 saturated heterocycles. The Hall–Kier alpha value is -3.06. The van der Waals surface area contributed by atoms with Gasteiger partial charge < -0.3 is 5.11 Å². The number of fused-ring (bicyclic) bond motifs is 3. The summed E-state index contributed by atoms with van der Waals surface area (Å²) in [6, 6.07) is 17.0. The molecular weight excluding hydrogens is 316 g/mol. The lowest BCUT2D eigenvalue weighted by Crippen LogP contribution is -2.29. The predicted octanol–water partition coefficient (Wildman–Crippen LogP) is 6.66. The zero-order valence-electron chi connectivity index (χ0n) is 15.4. The van der Waals surface area contributed by atoms with E-state index in [1.165, 1.54) is 22.3 Å². The van der Waals surface area contributed by atoms with E-state index in [-0.39, 0.29) is 5.76 Å². The Morgan fingerprint density at radius 1 is 0.846 bits per heavy atom. The number of allylic oxidation sites excluding steroid dienone is 8. The van der Waals surface area contributed by atoms with Crippen LogP contribution in [0.25, 0.3) is 11.1 Å². The molecule has 0 radical (unpaired) electrons. The van der Waals surface area contributed by atoms with E-state index in [0.29, 0.717) is 0 Å². The Kier molecular flexibility index (Phi) is 4.81. The number of aliphatic hydroxyl groups is 1. The Morgan fingerprint density at radius 3 is 1.77 bits per heavy atom. The number of hydrogen-bond donors (Lipinski definition) is 1. The van der Waals surface area contributed by atoms with Crippen molar-refractivity contribution in [3.63, 3.8) is 0 Å². The molecule has 1 heteroatoms. The van der Waals surface area contributed by atoms with Gasteiger partial charge in [-0.25, -0.2) is 0 Å². The molecule has 0 bridgehead atoms.